The van der Waals surface area contributed by atoms with E-state index in [9.17, 15) is 0 Å². The number of aryl methyl sites for hydroxylation is 1. The van der Waals surface area contributed by atoms with Crippen LogP contribution in [0.3, 0.4) is 0 Å². The smallest absolute Gasteiger partial charge is 0.234 e. The van der Waals surface area contributed by atoms with Gasteiger partial charge in [-0.3, -0.25) is 0 Å². The van der Waals surface area contributed by atoms with Gasteiger partial charge in [0.15, 0.2) is 10.8 Å². The number of para-hydroxylation sites is 1. The lowest BCUT2D eigenvalue weighted by Gasteiger charge is -2.03. The Hall–Kier alpha value is -2.74. The van der Waals surface area contributed by atoms with Gasteiger partial charge in [0, 0.05) is 0 Å². The molecule has 21 heavy (non-hydrogen) atoms. The van der Waals surface area contributed by atoms with Crippen molar-refractivity contribution in [2.24, 2.45) is 0 Å². The average molecular weight is 297 g/mol. The number of aromatic nitrogens is 6. The maximum atomic E-state index is 6.22. The van der Waals surface area contributed by atoms with Crippen molar-refractivity contribution in [1.29, 1.82) is 0 Å². The van der Waals surface area contributed by atoms with Gasteiger partial charge in [-0.15, -0.1) is 10.2 Å². The third-order valence-electron chi connectivity index (χ3n) is 3.18. The molecule has 0 radical (unpaired) electrons. The van der Waals surface area contributed by atoms with Crippen molar-refractivity contribution in [3.05, 3.63) is 42.4 Å². The van der Waals surface area contributed by atoms with Gasteiger partial charge in [0.25, 0.3) is 0 Å². The molecule has 3 heterocycles. The Morgan fingerprint density at radius 2 is 1.95 bits per heavy atom. The van der Waals surface area contributed by atoms with Crippen molar-refractivity contribution < 1.29 is 0 Å². The first-order valence-corrected chi connectivity index (χ1v) is 7.14. The number of nitrogens with zero attached hydrogens (tertiary/aromatic N) is 6. The lowest BCUT2D eigenvalue weighted by atomic mass is 10.3. The molecule has 1 aromatic carbocycles. The fourth-order valence-corrected chi connectivity index (χ4v) is 3.02. The van der Waals surface area contributed by atoms with Crippen molar-refractivity contribution in [2.45, 2.75) is 6.92 Å². The second-order valence-corrected chi connectivity index (χ2v) is 5.50. The molecule has 0 unspecified atom stereocenters. The number of rotatable bonds is 2. The van der Waals surface area contributed by atoms with Crippen molar-refractivity contribution in [3.8, 4) is 16.3 Å². The quantitative estimate of drug-likeness (QED) is 0.611. The van der Waals surface area contributed by atoms with Crippen LogP contribution in [0.4, 0.5) is 5.82 Å². The maximum Gasteiger partial charge on any atom is 0.234 e. The molecule has 0 bridgehead atoms. The molecule has 4 aromatic rings. The number of hydrogen-bond donors (Lipinski definition) is 1. The highest BCUT2D eigenvalue weighted by molar-refractivity contribution is 7.19. The van der Waals surface area contributed by atoms with Gasteiger partial charge in [-0.1, -0.05) is 29.5 Å². The van der Waals surface area contributed by atoms with E-state index < -0.39 is 0 Å². The highest BCUT2D eigenvalue weighted by Crippen LogP contribution is 2.30. The van der Waals surface area contributed by atoms with Crippen molar-refractivity contribution >= 4 is 22.1 Å². The van der Waals surface area contributed by atoms with Gasteiger partial charge in [0.2, 0.25) is 4.96 Å². The van der Waals surface area contributed by atoms with Gasteiger partial charge >= 0.3 is 0 Å². The molecule has 0 saturated heterocycles. The summed E-state index contributed by atoms with van der Waals surface area (Å²) in [6, 6.07) is 9.76. The standard InChI is InChI=1S/C13H11N7S/c1-8-16-17-13-19(8)18-12(21-13)10-7-15-20(11(10)14)9-5-3-2-4-6-9/h2-7H,14H2,1H3. The molecule has 0 atom stereocenters. The van der Waals surface area contributed by atoms with Gasteiger partial charge < -0.3 is 5.73 Å². The number of fused-ring (bicyclic) bond motifs is 1. The molecule has 0 aliphatic rings. The van der Waals surface area contributed by atoms with E-state index in [4.69, 9.17) is 5.73 Å². The minimum absolute atomic E-state index is 0.559. The summed E-state index contributed by atoms with van der Waals surface area (Å²) in [5, 5.41) is 17.7. The van der Waals surface area contributed by atoms with Crippen molar-refractivity contribution in [1.82, 2.24) is 29.6 Å². The molecule has 3 aromatic heterocycles. The molecule has 0 spiro atoms. The SMILES string of the molecule is Cc1nnc2sc(-c3cnn(-c4ccccc4)c3N)nn12. The highest BCUT2D eigenvalue weighted by atomic mass is 32.1. The van der Waals surface area contributed by atoms with Gasteiger partial charge in [-0.25, -0.2) is 4.68 Å². The summed E-state index contributed by atoms with van der Waals surface area (Å²) < 4.78 is 3.41. The molecule has 7 nitrogen and oxygen atoms in total. The van der Waals surface area contributed by atoms with E-state index >= 15 is 0 Å². The van der Waals surface area contributed by atoms with Crippen LogP contribution in [-0.2, 0) is 0 Å². The van der Waals surface area contributed by atoms with Crippen LogP contribution >= 0.6 is 11.3 Å². The van der Waals surface area contributed by atoms with Crippen LogP contribution in [0.25, 0.3) is 21.2 Å². The first-order chi connectivity index (χ1) is 10.2. The summed E-state index contributed by atoms with van der Waals surface area (Å²) in [6.07, 6.45) is 1.73. The third-order valence-corrected chi connectivity index (χ3v) is 4.12. The summed E-state index contributed by atoms with van der Waals surface area (Å²) in [4.78, 5) is 0.745. The van der Waals surface area contributed by atoms with E-state index in [1.165, 1.54) is 11.3 Å². The molecule has 4 rings (SSSR count). The lowest BCUT2D eigenvalue weighted by molar-refractivity contribution is 0.891. The van der Waals surface area contributed by atoms with Crippen LogP contribution < -0.4 is 5.73 Å². The molecule has 0 amide bonds. The zero-order valence-electron chi connectivity index (χ0n) is 11.1. The largest absolute Gasteiger partial charge is 0.383 e. The topological polar surface area (TPSA) is 86.9 Å². The number of hydrogen-bond acceptors (Lipinski definition) is 6. The lowest BCUT2D eigenvalue weighted by Crippen LogP contribution is -2.01. The van der Waals surface area contributed by atoms with Gasteiger partial charge in [-0.2, -0.15) is 14.7 Å². The molecule has 104 valence electrons. The van der Waals surface area contributed by atoms with Crippen molar-refractivity contribution in [2.75, 3.05) is 5.73 Å². The fraction of sp³-hybridized carbons (Fsp3) is 0.0769. The average Bonchev–Trinajstić information content (AvgIpc) is 3.16. The Balaban J connectivity index is 1.84. The Morgan fingerprint density at radius 3 is 2.71 bits per heavy atom. The Bertz CT molecular complexity index is 919. The number of nitrogens with two attached hydrogens (primary N) is 1. The van der Waals surface area contributed by atoms with Crippen LogP contribution in [0.15, 0.2) is 36.5 Å². The Morgan fingerprint density at radius 1 is 1.14 bits per heavy atom. The number of anilines is 1. The highest BCUT2D eigenvalue weighted by Gasteiger charge is 2.16. The van der Waals surface area contributed by atoms with Crippen LogP contribution in [0, 0.1) is 6.92 Å². The van der Waals surface area contributed by atoms with Gasteiger partial charge in [0.1, 0.15) is 5.82 Å². The monoisotopic (exact) mass is 297 g/mol. The second kappa shape index (κ2) is 4.38. The summed E-state index contributed by atoms with van der Waals surface area (Å²) in [7, 11) is 0. The zero-order chi connectivity index (χ0) is 14.4. The summed E-state index contributed by atoms with van der Waals surface area (Å²) >= 11 is 1.44. The molecule has 2 N–H and O–H groups in total. The predicted molar refractivity (Wildman–Crippen MR) is 80.4 cm³/mol. The molecule has 0 aliphatic carbocycles. The first kappa shape index (κ1) is 12.0. The normalized spacial score (nSPS) is 11.3. The minimum Gasteiger partial charge on any atom is -0.383 e. The zero-order valence-corrected chi connectivity index (χ0v) is 11.9. The molecule has 0 aliphatic heterocycles. The second-order valence-electron chi connectivity index (χ2n) is 4.54. The fourth-order valence-electron chi connectivity index (χ4n) is 2.12. The third kappa shape index (κ3) is 1.80. The number of nitrogen functional groups attached to an aromatic ring is 1. The maximum absolute atomic E-state index is 6.22. The summed E-state index contributed by atoms with van der Waals surface area (Å²) in [5.74, 6) is 1.31. The van der Waals surface area contributed by atoms with Crippen molar-refractivity contribution in [3.63, 3.8) is 0 Å². The molecule has 0 saturated carbocycles. The van der Waals surface area contributed by atoms with Crippen LogP contribution in [0.5, 0.6) is 0 Å². The van der Waals surface area contributed by atoms with Crippen LogP contribution in [-0.4, -0.2) is 29.6 Å². The first-order valence-electron chi connectivity index (χ1n) is 6.32. The Labute approximate surface area is 123 Å². The minimum atomic E-state index is 0.559. The predicted octanol–water partition coefficient (Wildman–Crippen LogP) is 1.93. The molecule has 0 fully saturated rings. The Kier molecular flexibility index (Phi) is 2.51. The molecule has 8 heteroatoms. The van der Waals surface area contributed by atoms with Crippen LogP contribution in [0.2, 0.25) is 0 Å². The molecular weight excluding hydrogens is 286 g/mol. The van der Waals surface area contributed by atoms with E-state index in [1.54, 1.807) is 15.4 Å². The summed E-state index contributed by atoms with van der Waals surface area (Å²) in [5.41, 5.74) is 7.93. The number of benzene rings is 1. The van der Waals surface area contributed by atoms with E-state index in [1.807, 2.05) is 37.3 Å². The van der Waals surface area contributed by atoms with E-state index in [0.717, 1.165) is 27.0 Å². The van der Waals surface area contributed by atoms with E-state index in [-0.39, 0.29) is 0 Å². The van der Waals surface area contributed by atoms with Gasteiger partial charge in [0.05, 0.1) is 17.4 Å². The molecular formula is C13H11N7S. The van der Waals surface area contributed by atoms with E-state index in [0.29, 0.717) is 5.82 Å². The summed E-state index contributed by atoms with van der Waals surface area (Å²) in [6.45, 7) is 1.86. The van der Waals surface area contributed by atoms with Gasteiger partial charge in [-0.05, 0) is 19.1 Å². The van der Waals surface area contributed by atoms with E-state index in [2.05, 4.69) is 20.4 Å². The van der Waals surface area contributed by atoms with Crippen LogP contribution in [0.1, 0.15) is 5.82 Å².